The van der Waals surface area contributed by atoms with Crippen molar-refractivity contribution in [2.45, 2.75) is 6.92 Å². The molecule has 1 saturated heterocycles. The average Bonchev–Trinajstić information content (AvgIpc) is 2.94. The van der Waals surface area contributed by atoms with Gasteiger partial charge in [-0.3, -0.25) is 4.79 Å². The van der Waals surface area contributed by atoms with Crippen LogP contribution in [0.5, 0.6) is 0 Å². The smallest absolute Gasteiger partial charge is 0.337 e. The molecule has 0 radical (unpaired) electrons. The summed E-state index contributed by atoms with van der Waals surface area (Å²) in [4.78, 5) is 28.6. The molecule has 1 N–H and O–H groups in total. The van der Waals surface area contributed by atoms with E-state index >= 15 is 0 Å². The van der Waals surface area contributed by atoms with E-state index in [-0.39, 0.29) is 11.9 Å². The summed E-state index contributed by atoms with van der Waals surface area (Å²) in [7, 11) is 1.34. The fourth-order valence-electron chi connectivity index (χ4n) is 2.28. The van der Waals surface area contributed by atoms with Crippen molar-refractivity contribution in [2.75, 3.05) is 7.11 Å². The number of aliphatic imine (C=N–C) groups is 1. The Balaban J connectivity index is 1.78. The number of benzene rings is 2. The van der Waals surface area contributed by atoms with E-state index in [0.29, 0.717) is 15.6 Å². The van der Waals surface area contributed by atoms with Crippen LogP contribution in [-0.2, 0) is 9.53 Å². The third-order valence-electron chi connectivity index (χ3n) is 3.51. The van der Waals surface area contributed by atoms with E-state index in [4.69, 9.17) is 0 Å². The van der Waals surface area contributed by atoms with Gasteiger partial charge < -0.3 is 10.1 Å². The first-order valence-corrected chi connectivity index (χ1v) is 8.41. The fraction of sp³-hybridized carbons (Fsp3) is 0.105. The van der Waals surface area contributed by atoms with Crippen molar-refractivity contribution in [3.63, 3.8) is 0 Å². The molecule has 0 aromatic heterocycles. The number of thioether (sulfide) groups is 1. The van der Waals surface area contributed by atoms with Crippen molar-refractivity contribution in [1.82, 2.24) is 5.32 Å². The molecule has 2 aromatic carbocycles. The summed E-state index contributed by atoms with van der Waals surface area (Å²) in [5.74, 6) is -0.576. The number of hydrogen-bond acceptors (Lipinski definition) is 5. The number of carbonyl (C=O) groups is 2. The minimum absolute atomic E-state index is 0.187. The standard InChI is InChI=1S/C19H16N2O3S/c1-12-4-3-5-15(10-12)20-19-21-17(22)16(25-19)11-13-6-8-14(9-7-13)18(23)24-2/h3-11H,1-2H3,(H,20,21,22). The predicted molar refractivity (Wildman–Crippen MR) is 99.8 cm³/mol. The lowest BCUT2D eigenvalue weighted by Crippen LogP contribution is -2.19. The van der Waals surface area contributed by atoms with Crippen LogP contribution in [0.4, 0.5) is 5.69 Å². The van der Waals surface area contributed by atoms with Crippen LogP contribution < -0.4 is 5.32 Å². The molecule has 0 bridgehead atoms. The normalized spacial score (nSPS) is 17.0. The number of carbonyl (C=O) groups excluding carboxylic acids is 2. The highest BCUT2D eigenvalue weighted by Gasteiger charge is 2.23. The van der Waals surface area contributed by atoms with Crippen molar-refractivity contribution in [3.8, 4) is 0 Å². The summed E-state index contributed by atoms with van der Waals surface area (Å²) in [5, 5.41) is 3.31. The number of amidine groups is 1. The van der Waals surface area contributed by atoms with E-state index in [9.17, 15) is 9.59 Å². The number of nitrogens with one attached hydrogen (secondary N) is 1. The van der Waals surface area contributed by atoms with Crippen LogP contribution in [0.15, 0.2) is 58.4 Å². The van der Waals surface area contributed by atoms with Crippen LogP contribution in [0.2, 0.25) is 0 Å². The summed E-state index contributed by atoms with van der Waals surface area (Å²) < 4.78 is 4.67. The van der Waals surface area contributed by atoms with Gasteiger partial charge in [-0.1, -0.05) is 24.3 Å². The number of methoxy groups -OCH3 is 1. The van der Waals surface area contributed by atoms with Crippen LogP contribution in [-0.4, -0.2) is 24.2 Å². The molecule has 0 spiro atoms. The monoisotopic (exact) mass is 352 g/mol. The molecular weight excluding hydrogens is 336 g/mol. The largest absolute Gasteiger partial charge is 0.465 e. The molecule has 25 heavy (non-hydrogen) atoms. The highest BCUT2D eigenvalue weighted by atomic mass is 32.2. The van der Waals surface area contributed by atoms with Gasteiger partial charge in [0.05, 0.1) is 23.3 Å². The number of aryl methyl sites for hydroxylation is 1. The maximum absolute atomic E-state index is 12.1. The molecule has 0 aliphatic carbocycles. The topological polar surface area (TPSA) is 67.8 Å². The lowest BCUT2D eigenvalue weighted by molar-refractivity contribution is -0.115. The maximum Gasteiger partial charge on any atom is 0.337 e. The third kappa shape index (κ3) is 4.16. The number of amides is 1. The van der Waals surface area contributed by atoms with Gasteiger partial charge in [0.2, 0.25) is 0 Å². The van der Waals surface area contributed by atoms with E-state index in [0.717, 1.165) is 16.8 Å². The zero-order valence-corrected chi connectivity index (χ0v) is 14.6. The SMILES string of the molecule is COC(=O)c1ccc(C=C2SC(=Nc3cccc(C)c3)NC2=O)cc1. The van der Waals surface area contributed by atoms with E-state index in [1.165, 1.54) is 18.9 Å². The molecule has 1 fully saturated rings. The number of rotatable bonds is 3. The van der Waals surface area contributed by atoms with Crippen LogP contribution in [0.25, 0.3) is 6.08 Å². The molecule has 1 heterocycles. The van der Waals surface area contributed by atoms with E-state index < -0.39 is 0 Å². The van der Waals surface area contributed by atoms with Crippen molar-refractivity contribution >= 4 is 40.6 Å². The van der Waals surface area contributed by atoms with E-state index in [1.54, 1.807) is 30.3 Å². The quantitative estimate of drug-likeness (QED) is 0.676. The molecule has 0 saturated carbocycles. The molecule has 1 aliphatic rings. The summed E-state index contributed by atoms with van der Waals surface area (Å²) in [6.45, 7) is 1.99. The molecule has 0 unspecified atom stereocenters. The first kappa shape index (κ1) is 17.0. The second-order valence-corrected chi connectivity index (χ2v) is 6.46. The van der Waals surface area contributed by atoms with Gasteiger partial charge in [0, 0.05) is 0 Å². The van der Waals surface area contributed by atoms with Crippen molar-refractivity contribution in [2.24, 2.45) is 4.99 Å². The minimum atomic E-state index is -0.389. The molecule has 2 aromatic rings. The Bertz CT molecular complexity index is 886. The van der Waals surface area contributed by atoms with Gasteiger partial charge in [-0.25, -0.2) is 9.79 Å². The number of hydrogen-bond donors (Lipinski definition) is 1. The molecule has 5 nitrogen and oxygen atoms in total. The molecule has 3 rings (SSSR count). The predicted octanol–water partition coefficient (Wildman–Crippen LogP) is 3.67. The Morgan fingerprint density at radius 3 is 2.64 bits per heavy atom. The Labute approximate surface area is 149 Å². The van der Waals surface area contributed by atoms with Gasteiger partial charge in [-0.2, -0.15) is 0 Å². The molecule has 1 amide bonds. The first-order chi connectivity index (χ1) is 12.0. The van der Waals surface area contributed by atoms with Crippen molar-refractivity contribution in [1.29, 1.82) is 0 Å². The van der Waals surface area contributed by atoms with E-state index in [1.807, 2.05) is 31.2 Å². The molecule has 0 atom stereocenters. The second-order valence-electron chi connectivity index (χ2n) is 5.43. The van der Waals surface area contributed by atoms with Gasteiger partial charge in [0.25, 0.3) is 5.91 Å². The van der Waals surface area contributed by atoms with Crippen LogP contribution >= 0.6 is 11.8 Å². The lowest BCUT2D eigenvalue weighted by atomic mass is 10.1. The van der Waals surface area contributed by atoms with Gasteiger partial charge in [-0.15, -0.1) is 0 Å². The Hall–Kier alpha value is -2.86. The first-order valence-electron chi connectivity index (χ1n) is 7.60. The van der Waals surface area contributed by atoms with Crippen LogP contribution in [0.1, 0.15) is 21.5 Å². The zero-order chi connectivity index (χ0) is 17.8. The van der Waals surface area contributed by atoms with Gasteiger partial charge in [0.15, 0.2) is 5.17 Å². The third-order valence-corrected chi connectivity index (χ3v) is 4.42. The second kappa shape index (κ2) is 7.36. The molecule has 126 valence electrons. The highest BCUT2D eigenvalue weighted by molar-refractivity contribution is 8.18. The summed E-state index contributed by atoms with van der Waals surface area (Å²) in [6, 6.07) is 14.6. The highest BCUT2D eigenvalue weighted by Crippen LogP contribution is 2.28. The molecule has 6 heteroatoms. The van der Waals surface area contributed by atoms with E-state index in [2.05, 4.69) is 15.0 Å². The molecular formula is C19H16N2O3S. The summed E-state index contributed by atoms with van der Waals surface area (Å²) >= 11 is 1.29. The molecule has 1 aliphatic heterocycles. The Morgan fingerprint density at radius 2 is 1.96 bits per heavy atom. The summed E-state index contributed by atoms with van der Waals surface area (Å²) in [5.41, 5.74) is 3.20. The average molecular weight is 352 g/mol. The lowest BCUT2D eigenvalue weighted by Gasteiger charge is -2.00. The van der Waals surface area contributed by atoms with Crippen molar-refractivity contribution in [3.05, 3.63) is 70.1 Å². The van der Waals surface area contributed by atoms with Gasteiger partial charge in [0.1, 0.15) is 0 Å². The Kier molecular flexibility index (Phi) is 5.00. The van der Waals surface area contributed by atoms with Crippen LogP contribution in [0, 0.1) is 6.92 Å². The zero-order valence-electron chi connectivity index (χ0n) is 13.8. The van der Waals surface area contributed by atoms with Gasteiger partial charge in [-0.05, 0) is 60.2 Å². The van der Waals surface area contributed by atoms with Crippen molar-refractivity contribution < 1.29 is 14.3 Å². The minimum Gasteiger partial charge on any atom is -0.465 e. The number of esters is 1. The summed E-state index contributed by atoms with van der Waals surface area (Å²) in [6.07, 6.45) is 1.76. The maximum atomic E-state index is 12.1. The number of ether oxygens (including phenoxy) is 1. The fourth-order valence-corrected chi connectivity index (χ4v) is 3.12. The van der Waals surface area contributed by atoms with Gasteiger partial charge >= 0.3 is 5.97 Å². The Morgan fingerprint density at radius 1 is 1.20 bits per heavy atom. The van der Waals surface area contributed by atoms with Crippen LogP contribution in [0.3, 0.4) is 0 Å². The number of nitrogens with zero attached hydrogens (tertiary/aromatic N) is 1.